The third-order valence-corrected chi connectivity index (χ3v) is 1.86. The maximum Gasteiger partial charge on any atom is 0.311 e. The predicted molar refractivity (Wildman–Crippen MR) is 35.4 cm³/mol. The van der Waals surface area contributed by atoms with E-state index < -0.39 is 6.10 Å². The molecular formula is C7H12O3. The number of aliphatic hydroxyl groups excluding tert-OH is 1. The van der Waals surface area contributed by atoms with Gasteiger partial charge >= 0.3 is 5.97 Å². The first-order chi connectivity index (χ1) is 4.75. The van der Waals surface area contributed by atoms with Crippen molar-refractivity contribution in [3.8, 4) is 0 Å². The Morgan fingerprint density at radius 2 is 2.50 bits per heavy atom. The van der Waals surface area contributed by atoms with E-state index in [1.54, 1.807) is 0 Å². The summed E-state index contributed by atoms with van der Waals surface area (Å²) in [5.41, 5.74) is 0. The molecule has 0 radical (unpaired) electrons. The normalized spacial score (nSPS) is 33.6. The highest BCUT2D eigenvalue weighted by molar-refractivity contribution is 5.73. The molecular weight excluding hydrogens is 132 g/mol. The van der Waals surface area contributed by atoms with Crippen LogP contribution >= 0.6 is 0 Å². The molecule has 1 rings (SSSR count). The molecule has 10 heavy (non-hydrogen) atoms. The summed E-state index contributed by atoms with van der Waals surface area (Å²) in [5.74, 6) is -0.532. The number of rotatable bonds is 1. The van der Waals surface area contributed by atoms with Gasteiger partial charge in [-0.25, -0.2) is 0 Å². The molecule has 0 amide bonds. The van der Waals surface area contributed by atoms with Gasteiger partial charge in [0.15, 0.2) is 0 Å². The van der Waals surface area contributed by atoms with Gasteiger partial charge in [0.1, 0.15) is 0 Å². The monoisotopic (exact) mass is 144 g/mol. The van der Waals surface area contributed by atoms with Crippen LogP contribution in [-0.4, -0.2) is 23.8 Å². The average Bonchev–Trinajstić information content (AvgIpc) is 1.88. The molecule has 0 saturated carbocycles. The molecule has 0 aromatic heterocycles. The molecule has 1 aliphatic rings. The van der Waals surface area contributed by atoms with Crippen LogP contribution in [0.2, 0.25) is 0 Å². The molecule has 1 aliphatic heterocycles. The van der Waals surface area contributed by atoms with Gasteiger partial charge in [0.2, 0.25) is 0 Å². The van der Waals surface area contributed by atoms with Crippen molar-refractivity contribution in [2.45, 2.75) is 25.9 Å². The quantitative estimate of drug-likeness (QED) is 0.539. The Bertz CT molecular complexity index is 133. The summed E-state index contributed by atoms with van der Waals surface area (Å²) in [5, 5.41) is 9.24. The Morgan fingerprint density at radius 3 is 2.90 bits per heavy atom. The lowest BCUT2D eigenvalue weighted by Crippen LogP contribution is -2.35. The van der Waals surface area contributed by atoms with Crippen LogP contribution in [0.5, 0.6) is 0 Å². The van der Waals surface area contributed by atoms with Crippen molar-refractivity contribution in [1.82, 2.24) is 0 Å². The predicted octanol–water partition coefficient (Wildman–Crippen LogP) is 0.320. The van der Waals surface area contributed by atoms with Crippen LogP contribution in [0.25, 0.3) is 0 Å². The molecule has 1 saturated heterocycles. The summed E-state index contributed by atoms with van der Waals surface area (Å²) in [6.45, 7) is 2.25. The summed E-state index contributed by atoms with van der Waals surface area (Å²) in [6.07, 6.45) is 0.774. The fraction of sp³-hybridized carbons (Fsp3) is 0.857. The van der Waals surface area contributed by atoms with Gasteiger partial charge in [-0.1, -0.05) is 6.92 Å². The first-order valence-corrected chi connectivity index (χ1v) is 3.60. The van der Waals surface area contributed by atoms with Crippen LogP contribution in [0.4, 0.5) is 0 Å². The van der Waals surface area contributed by atoms with Gasteiger partial charge in [-0.2, -0.15) is 0 Å². The molecule has 58 valence electrons. The van der Waals surface area contributed by atoms with E-state index in [4.69, 9.17) is 4.74 Å². The van der Waals surface area contributed by atoms with Crippen LogP contribution in [0.15, 0.2) is 0 Å². The minimum atomic E-state index is -0.480. The number of cyclic esters (lactones) is 1. The second kappa shape index (κ2) is 3.01. The largest absolute Gasteiger partial charge is 0.465 e. The SMILES string of the molecule is CCC1C(=O)OCCC1O. The molecule has 0 spiro atoms. The molecule has 2 unspecified atom stereocenters. The zero-order chi connectivity index (χ0) is 7.56. The maximum atomic E-state index is 10.9. The van der Waals surface area contributed by atoms with E-state index >= 15 is 0 Å². The number of carbonyl (C=O) groups excluding carboxylic acids is 1. The third-order valence-electron chi connectivity index (χ3n) is 1.86. The van der Waals surface area contributed by atoms with Crippen molar-refractivity contribution >= 4 is 5.97 Å². The fourth-order valence-electron chi connectivity index (χ4n) is 1.18. The summed E-state index contributed by atoms with van der Waals surface area (Å²) >= 11 is 0. The van der Waals surface area contributed by atoms with Crippen LogP contribution in [0.3, 0.4) is 0 Å². The highest BCUT2D eigenvalue weighted by Gasteiger charge is 2.30. The zero-order valence-electron chi connectivity index (χ0n) is 6.04. The van der Waals surface area contributed by atoms with Crippen LogP contribution in [0.1, 0.15) is 19.8 Å². The van der Waals surface area contributed by atoms with Gasteiger partial charge in [-0.05, 0) is 6.42 Å². The second-order valence-electron chi connectivity index (χ2n) is 2.54. The molecule has 0 aromatic rings. The summed E-state index contributed by atoms with van der Waals surface area (Å²) < 4.78 is 4.75. The molecule has 0 aromatic carbocycles. The Balaban J connectivity index is 2.53. The topological polar surface area (TPSA) is 46.5 Å². The number of carbonyl (C=O) groups is 1. The minimum absolute atomic E-state index is 0.249. The number of esters is 1. The molecule has 1 fully saturated rings. The standard InChI is InChI=1S/C7H12O3/c1-2-5-6(8)3-4-10-7(5)9/h5-6,8H,2-4H2,1H3. The molecule has 0 bridgehead atoms. The van der Waals surface area contributed by atoms with E-state index in [2.05, 4.69) is 0 Å². The summed E-state index contributed by atoms with van der Waals surface area (Å²) in [6, 6.07) is 0. The maximum absolute atomic E-state index is 10.9. The van der Waals surface area contributed by atoms with E-state index in [9.17, 15) is 9.90 Å². The lowest BCUT2D eigenvalue weighted by Gasteiger charge is -2.24. The van der Waals surface area contributed by atoms with Crippen molar-refractivity contribution in [2.75, 3.05) is 6.61 Å². The Morgan fingerprint density at radius 1 is 1.80 bits per heavy atom. The van der Waals surface area contributed by atoms with E-state index in [1.807, 2.05) is 6.92 Å². The minimum Gasteiger partial charge on any atom is -0.465 e. The molecule has 3 heteroatoms. The molecule has 0 aliphatic carbocycles. The Labute approximate surface area is 60.0 Å². The van der Waals surface area contributed by atoms with Crippen molar-refractivity contribution < 1.29 is 14.6 Å². The highest BCUT2D eigenvalue weighted by atomic mass is 16.5. The fourth-order valence-corrected chi connectivity index (χ4v) is 1.18. The van der Waals surface area contributed by atoms with Crippen molar-refractivity contribution in [3.05, 3.63) is 0 Å². The number of hydrogen-bond donors (Lipinski definition) is 1. The Hall–Kier alpha value is -0.570. The first kappa shape index (κ1) is 7.54. The van der Waals surface area contributed by atoms with Gasteiger partial charge in [-0.15, -0.1) is 0 Å². The van der Waals surface area contributed by atoms with Crippen LogP contribution in [0, 0.1) is 5.92 Å². The second-order valence-corrected chi connectivity index (χ2v) is 2.54. The molecule has 1 heterocycles. The van der Waals surface area contributed by atoms with Gasteiger partial charge in [0.25, 0.3) is 0 Å². The van der Waals surface area contributed by atoms with E-state index in [0.29, 0.717) is 19.4 Å². The van der Waals surface area contributed by atoms with Crippen molar-refractivity contribution in [2.24, 2.45) is 5.92 Å². The third kappa shape index (κ3) is 1.29. The van der Waals surface area contributed by atoms with Gasteiger partial charge < -0.3 is 9.84 Å². The van der Waals surface area contributed by atoms with Gasteiger partial charge in [0, 0.05) is 6.42 Å². The number of aliphatic hydroxyl groups is 1. The van der Waals surface area contributed by atoms with Crippen molar-refractivity contribution in [3.63, 3.8) is 0 Å². The lowest BCUT2D eigenvalue weighted by molar-refractivity contribution is -0.160. The zero-order valence-corrected chi connectivity index (χ0v) is 6.04. The smallest absolute Gasteiger partial charge is 0.311 e. The number of ether oxygens (including phenoxy) is 1. The Kier molecular flexibility index (Phi) is 2.27. The van der Waals surface area contributed by atoms with Crippen LogP contribution in [-0.2, 0) is 9.53 Å². The summed E-state index contributed by atoms with van der Waals surface area (Å²) in [7, 11) is 0. The highest BCUT2D eigenvalue weighted by Crippen LogP contribution is 2.18. The van der Waals surface area contributed by atoms with Crippen molar-refractivity contribution in [1.29, 1.82) is 0 Å². The molecule has 3 nitrogen and oxygen atoms in total. The number of hydrogen-bond acceptors (Lipinski definition) is 3. The van der Waals surface area contributed by atoms with E-state index in [1.165, 1.54) is 0 Å². The van der Waals surface area contributed by atoms with E-state index in [-0.39, 0.29) is 11.9 Å². The average molecular weight is 144 g/mol. The lowest BCUT2D eigenvalue weighted by atomic mass is 9.95. The summed E-state index contributed by atoms with van der Waals surface area (Å²) in [4.78, 5) is 10.9. The van der Waals surface area contributed by atoms with Crippen LogP contribution < -0.4 is 0 Å². The molecule has 2 atom stereocenters. The van der Waals surface area contributed by atoms with E-state index in [0.717, 1.165) is 0 Å². The van der Waals surface area contributed by atoms with Gasteiger partial charge in [-0.3, -0.25) is 4.79 Å². The first-order valence-electron chi connectivity index (χ1n) is 3.60. The van der Waals surface area contributed by atoms with Gasteiger partial charge in [0.05, 0.1) is 18.6 Å². The molecule has 1 N–H and O–H groups in total.